The predicted molar refractivity (Wildman–Crippen MR) is 64.7 cm³/mol. The fraction of sp³-hybridized carbons (Fsp3) is 0.385. The summed E-state index contributed by atoms with van der Waals surface area (Å²) in [6.07, 6.45) is 0. The normalized spacial score (nSPS) is 11.5. The number of hydrogen-bond acceptors (Lipinski definition) is 3. The lowest BCUT2D eigenvalue weighted by Crippen LogP contribution is -2.30. The van der Waals surface area contributed by atoms with Crippen molar-refractivity contribution in [1.82, 2.24) is 4.90 Å². The van der Waals surface area contributed by atoms with Gasteiger partial charge in [0.2, 0.25) is 0 Å². The van der Waals surface area contributed by atoms with Crippen LogP contribution in [0.5, 0.6) is 5.75 Å². The Morgan fingerprint density at radius 2 is 2.28 bits per heavy atom. The van der Waals surface area contributed by atoms with Gasteiger partial charge in [0.05, 0.1) is 19.1 Å². The summed E-state index contributed by atoms with van der Waals surface area (Å²) in [6, 6.07) is 5.99. The van der Waals surface area contributed by atoms with Gasteiger partial charge >= 0.3 is 0 Å². The molecule has 1 rings (SSSR count). The molecule has 1 amide bonds. The number of halogens is 1. The number of ether oxygens (including phenoxy) is 1. The van der Waals surface area contributed by atoms with Crippen molar-refractivity contribution in [3.63, 3.8) is 0 Å². The number of methoxy groups -OCH3 is 1. The number of nitrogens with zero attached hydrogens (tertiary/aromatic N) is 2. The Labute approximate surface area is 106 Å². The summed E-state index contributed by atoms with van der Waals surface area (Å²) in [5.41, 5.74) is 0.334. The number of carbonyl (C=O) groups excluding carboxylic acids is 1. The number of hydrogen-bond donors (Lipinski definition) is 0. The van der Waals surface area contributed by atoms with Gasteiger partial charge in [0.25, 0.3) is 5.91 Å². The molecule has 0 fully saturated rings. The topological polar surface area (TPSA) is 53.3 Å². The number of amides is 1. The zero-order chi connectivity index (χ0) is 13.7. The van der Waals surface area contributed by atoms with E-state index in [9.17, 15) is 9.18 Å². The first-order valence-corrected chi connectivity index (χ1v) is 5.48. The minimum absolute atomic E-state index is 0.0302. The standard InChI is InChI=1S/C13H15FN2O2/c1-9(7-15)8-16(2)13(17)10-4-5-11(14)12(6-10)18-3/h4-6,9H,8H2,1-3H3. The van der Waals surface area contributed by atoms with Gasteiger partial charge in [0, 0.05) is 19.2 Å². The highest BCUT2D eigenvalue weighted by Gasteiger charge is 2.16. The third-order valence-electron chi connectivity index (χ3n) is 2.51. The Balaban J connectivity index is 2.87. The van der Waals surface area contributed by atoms with Crippen LogP contribution in [0.4, 0.5) is 4.39 Å². The number of nitriles is 1. The van der Waals surface area contributed by atoms with Crippen LogP contribution in [-0.2, 0) is 0 Å². The summed E-state index contributed by atoms with van der Waals surface area (Å²) in [6.45, 7) is 2.06. The van der Waals surface area contributed by atoms with Crippen molar-refractivity contribution in [3.8, 4) is 11.8 Å². The summed E-state index contributed by atoms with van der Waals surface area (Å²) in [4.78, 5) is 13.4. The van der Waals surface area contributed by atoms with Gasteiger partial charge in [0.1, 0.15) is 0 Å². The second-order valence-corrected chi connectivity index (χ2v) is 4.07. The van der Waals surface area contributed by atoms with Crippen LogP contribution in [0.2, 0.25) is 0 Å². The maximum absolute atomic E-state index is 13.2. The molecule has 0 spiro atoms. The van der Waals surface area contributed by atoms with Crippen LogP contribution in [-0.4, -0.2) is 31.5 Å². The van der Waals surface area contributed by atoms with Crippen LogP contribution < -0.4 is 4.74 Å². The Hall–Kier alpha value is -2.09. The van der Waals surface area contributed by atoms with Crippen LogP contribution >= 0.6 is 0 Å². The van der Waals surface area contributed by atoms with Crippen LogP contribution in [0.1, 0.15) is 17.3 Å². The summed E-state index contributed by atoms with van der Waals surface area (Å²) < 4.78 is 18.0. The molecule has 1 aromatic carbocycles. The summed E-state index contributed by atoms with van der Waals surface area (Å²) in [7, 11) is 2.94. The van der Waals surface area contributed by atoms with Gasteiger partial charge in [-0.05, 0) is 25.1 Å². The molecule has 0 saturated carbocycles. The highest BCUT2D eigenvalue weighted by molar-refractivity contribution is 5.94. The van der Waals surface area contributed by atoms with E-state index in [-0.39, 0.29) is 17.6 Å². The van der Waals surface area contributed by atoms with E-state index in [2.05, 4.69) is 6.07 Å². The average Bonchev–Trinajstić information content (AvgIpc) is 2.38. The van der Waals surface area contributed by atoms with E-state index in [1.54, 1.807) is 14.0 Å². The van der Waals surface area contributed by atoms with Gasteiger partial charge in [-0.2, -0.15) is 5.26 Å². The third-order valence-corrected chi connectivity index (χ3v) is 2.51. The monoisotopic (exact) mass is 250 g/mol. The van der Waals surface area contributed by atoms with E-state index in [0.717, 1.165) is 0 Å². The Kier molecular flexibility index (Phi) is 4.67. The van der Waals surface area contributed by atoms with Crippen molar-refractivity contribution in [2.24, 2.45) is 5.92 Å². The molecule has 0 aliphatic heterocycles. The minimum atomic E-state index is -0.512. The Bertz CT molecular complexity index is 482. The molecule has 1 aromatic rings. The van der Waals surface area contributed by atoms with E-state index in [1.165, 1.54) is 30.2 Å². The van der Waals surface area contributed by atoms with Gasteiger partial charge in [-0.3, -0.25) is 4.79 Å². The van der Waals surface area contributed by atoms with Crippen molar-refractivity contribution >= 4 is 5.91 Å². The SMILES string of the molecule is COc1cc(C(=O)N(C)CC(C)C#N)ccc1F. The molecule has 1 atom stereocenters. The molecule has 0 aliphatic rings. The molecular formula is C13H15FN2O2. The maximum atomic E-state index is 13.2. The van der Waals surface area contributed by atoms with E-state index in [0.29, 0.717) is 12.1 Å². The maximum Gasteiger partial charge on any atom is 0.253 e. The highest BCUT2D eigenvalue weighted by Crippen LogP contribution is 2.19. The largest absolute Gasteiger partial charge is 0.494 e. The first-order valence-electron chi connectivity index (χ1n) is 5.48. The van der Waals surface area contributed by atoms with Crippen LogP contribution in [0, 0.1) is 23.1 Å². The lowest BCUT2D eigenvalue weighted by molar-refractivity contribution is 0.0784. The summed E-state index contributed by atoms with van der Waals surface area (Å²) >= 11 is 0. The van der Waals surface area contributed by atoms with Crippen molar-refractivity contribution in [2.75, 3.05) is 20.7 Å². The molecule has 0 aromatic heterocycles. The van der Waals surface area contributed by atoms with Crippen molar-refractivity contribution < 1.29 is 13.9 Å². The zero-order valence-electron chi connectivity index (χ0n) is 10.6. The summed E-state index contributed by atoms with van der Waals surface area (Å²) in [5, 5.41) is 8.70. The van der Waals surface area contributed by atoms with Crippen LogP contribution in [0.3, 0.4) is 0 Å². The number of rotatable bonds is 4. The first kappa shape index (κ1) is 14.0. The molecule has 18 heavy (non-hydrogen) atoms. The molecule has 4 nitrogen and oxygen atoms in total. The van der Waals surface area contributed by atoms with E-state index >= 15 is 0 Å². The summed E-state index contributed by atoms with van der Waals surface area (Å²) in [5.74, 6) is -0.999. The van der Waals surface area contributed by atoms with Gasteiger partial charge in [-0.25, -0.2) is 4.39 Å². The number of benzene rings is 1. The Morgan fingerprint density at radius 1 is 1.61 bits per heavy atom. The quantitative estimate of drug-likeness (QED) is 0.822. The lowest BCUT2D eigenvalue weighted by Gasteiger charge is -2.18. The zero-order valence-corrected chi connectivity index (χ0v) is 10.6. The fourth-order valence-electron chi connectivity index (χ4n) is 1.55. The highest BCUT2D eigenvalue weighted by atomic mass is 19.1. The molecular weight excluding hydrogens is 235 g/mol. The first-order chi connectivity index (χ1) is 8.49. The van der Waals surface area contributed by atoms with Crippen LogP contribution in [0.15, 0.2) is 18.2 Å². The van der Waals surface area contributed by atoms with Gasteiger partial charge in [0.15, 0.2) is 11.6 Å². The van der Waals surface area contributed by atoms with E-state index < -0.39 is 5.82 Å². The fourth-order valence-corrected chi connectivity index (χ4v) is 1.55. The molecule has 0 bridgehead atoms. The van der Waals surface area contributed by atoms with E-state index in [1.807, 2.05) is 0 Å². The van der Waals surface area contributed by atoms with E-state index in [4.69, 9.17) is 10.00 Å². The molecule has 96 valence electrons. The molecule has 0 heterocycles. The molecule has 0 N–H and O–H groups in total. The van der Waals surface area contributed by atoms with Crippen molar-refractivity contribution in [2.45, 2.75) is 6.92 Å². The van der Waals surface area contributed by atoms with Crippen molar-refractivity contribution in [3.05, 3.63) is 29.6 Å². The molecule has 0 saturated heterocycles. The van der Waals surface area contributed by atoms with Crippen LogP contribution in [0.25, 0.3) is 0 Å². The number of carbonyl (C=O) groups is 1. The minimum Gasteiger partial charge on any atom is -0.494 e. The molecule has 1 unspecified atom stereocenters. The van der Waals surface area contributed by atoms with Gasteiger partial charge < -0.3 is 9.64 Å². The second-order valence-electron chi connectivity index (χ2n) is 4.07. The molecule has 0 radical (unpaired) electrons. The predicted octanol–water partition coefficient (Wildman–Crippen LogP) is 2.07. The third kappa shape index (κ3) is 3.20. The molecule has 0 aliphatic carbocycles. The Morgan fingerprint density at radius 3 is 2.83 bits per heavy atom. The van der Waals surface area contributed by atoms with Gasteiger partial charge in [-0.1, -0.05) is 0 Å². The van der Waals surface area contributed by atoms with Crippen molar-refractivity contribution in [1.29, 1.82) is 5.26 Å². The van der Waals surface area contributed by atoms with Gasteiger partial charge in [-0.15, -0.1) is 0 Å². The average molecular weight is 250 g/mol. The lowest BCUT2D eigenvalue weighted by atomic mass is 10.1. The smallest absolute Gasteiger partial charge is 0.253 e. The second kappa shape index (κ2) is 6.01. The molecule has 5 heteroatoms.